The maximum absolute atomic E-state index is 11.3. The molecule has 0 fully saturated rings. The third-order valence-electron chi connectivity index (χ3n) is 1.83. The molecule has 0 atom stereocenters. The van der Waals surface area contributed by atoms with Crippen LogP contribution in [0.25, 0.3) is 0 Å². The quantitative estimate of drug-likeness (QED) is 0.725. The molecule has 0 saturated heterocycles. The van der Waals surface area contributed by atoms with Crippen molar-refractivity contribution in [3.8, 4) is 0 Å². The highest BCUT2D eigenvalue weighted by atomic mass is 35.5. The molecule has 7 heteroatoms. The molecule has 0 aromatic heterocycles. The SMILES string of the molecule is Cc1ccc(NC(=O)N(C)C)cc1Cl.NC(N)=O. The highest BCUT2D eigenvalue weighted by molar-refractivity contribution is 6.31. The number of hydrogen-bond acceptors (Lipinski definition) is 2. The van der Waals surface area contributed by atoms with E-state index in [2.05, 4.69) is 16.8 Å². The second-order valence-corrected chi connectivity index (χ2v) is 4.10. The highest BCUT2D eigenvalue weighted by Crippen LogP contribution is 2.19. The lowest BCUT2D eigenvalue weighted by Crippen LogP contribution is -2.27. The minimum absolute atomic E-state index is 0.162. The van der Waals surface area contributed by atoms with Gasteiger partial charge >= 0.3 is 12.1 Å². The van der Waals surface area contributed by atoms with Crippen molar-refractivity contribution >= 4 is 29.4 Å². The van der Waals surface area contributed by atoms with Crippen LogP contribution in [0.1, 0.15) is 5.56 Å². The molecule has 100 valence electrons. The van der Waals surface area contributed by atoms with E-state index in [1.165, 1.54) is 4.90 Å². The van der Waals surface area contributed by atoms with Gasteiger partial charge in [0.25, 0.3) is 0 Å². The Hall–Kier alpha value is -1.95. The van der Waals surface area contributed by atoms with Gasteiger partial charge in [-0.25, -0.2) is 9.59 Å². The second kappa shape index (κ2) is 7.39. The van der Waals surface area contributed by atoms with Gasteiger partial charge in [0.1, 0.15) is 0 Å². The lowest BCUT2D eigenvalue weighted by molar-refractivity contribution is 0.230. The van der Waals surface area contributed by atoms with Gasteiger partial charge < -0.3 is 21.7 Å². The van der Waals surface area contributed by atoms with Gasteiger partial charge in [-0.1, -0.05) is 17.7 Å². The van der Waals surface area contributed by atoms with E-state index in [1.807, 2.05) is 19.1 Å². The average Bonchev–Trinajstić information content (AvgIpc) is 2.22. The molecule has 0 heterocycles. The van der Waals surface area contributed by atoms with Crippen LogP contribution in [0, 0.1) is 6.92 Å². The number of amides is 4. The maximum Gasteiger partial charge on any atom is 0.321 e. The fraction of sp³-hybridized carbons (Fsp3) is 0.273. The van der Waals surface area contributed by atoms with Crippen molar-refractivity contribution in [2.45, 2.75) is 6.92 Å². The predicted molar refractivity (Wildman–Crippen MR) is 72.7 cm³/mol. The van der Waals surface area contributed by atoms with E-state index in [4.69, 9.17) is 16.4 Å². The fourth-order valence-corrected chi connectivity index (χ4v) is 1.09. The number of hydrogen-bond donors (Lipinski definition) is 3. The summed E-state index contributed by atoms with van der Waals surface area (Å²) in [7, 11) is 3.37. The number of rotatable bonds is 1. The zero-order chi connectivity index (χ0) is 14.3. The van der Waals surface area contributed by atoms with Crippen LogP contribution < -0.4 is 16.8 Å². The monoisotopic (exact) mass is 272 g/mol. The Kier molecular flexibility index (Phi) is 6.59. The third kappa shape index (κ3) is 6.59. The summed E-state index contributed by atoms with van der Waals surface area (Å²) in [6.45, 7) is 1.92. The minimum Gasteiger partial charge on any atom is -0.352 e. The average molecular weight is 273 g/mol. The molecule has 0 aliphatic heterocycles. The van der Waals surface area contributed by atoms with Crippen molar-refractivity contribution in [1.82, 2.24) is 4.90 Å². The number of nitrogens with two attached hydrogens (primary N) is 2. The van der Waals surface area contributed by atoms with E-state index in [0.717, 1.165) is 5.56 Å². The summed E-state index contributed by atoms with van der Waals surface area (Å²) in [5.41, 5.74) is 10.2. The Bertz CT molecular complexity index is 431. The smallest absolute Gasteiger partial charge is 0.321 e. The molecule has 0 aliphatic rings. The molecule has 1 aromatic rings. The number of halogens is 1. The van der Waals surface area contributed by atoms with Gasteiger partial charge in [0.05, 0.1) is 0 Å². The second-order valence-electron chi connectivity index (χ2n) is 3.69. The van der Waals surface area contributed by atoms with Gasteiger partial charge in [0, 0.05) is 24.8 Å². The number of nitrogens with one attached hydrogen (secondary N) is 1. The van der Waals surface area contributed by atoms with Gasteiger partial charge in [-0.15, -0.1) is 0 Å². The Labute approximate surface area is 111 Å². The van der Waals surface area contributed by atoms with Crippen molar-refractivity contribution < 1.29 is 9.59 Å². The van der Waals surface area contributed by atoms with Gasteiger partial charge in [0.2, 0.25) is 0 Å². The summed E-state index contributed by atoms with van der Waals surface area (Å²) in [6, 6.07) is 4.43. The highest BCUT2D eigenvalue weighted by Gasteiger charge is 2.04. The number of benzene rings is 1. The lowest BCUT2D eigenvalue weighted by Gasteiger charge is -2.12. The summed E-state index contributed by atoms with van der Waals surface area (Å²) in [5.74, 6) is 0. The molecular weight excluding hydrogens is 256 g/mol. The minimum atomic E-state index is -0.833. The normalized spacial score (nSPS) is 8.89. The topological polar surface area (TPSA) is 101 Å². The van der Waals surface area contributed by atoms with E-state index >= 15 is 0 Å². The summed E-state index contributed by atoms with van der Waals surface area (Å²) >= 11 is 5.91. The van der Waals surface area contributed by atoms with Gasteiger partial charge in [-0.2, -0.15) is 0 Å². The molecule has 0 unspecified atom stereocenters. The number of carbonyl (C=O) groups is 2. The Morgan fingerprint density at radius 2 is 1.78 bits per heavy atom. The molecule has 1 aromatic carbocycles. The van der Waals surface area contributed by atoms with E-state index in [-0.39, 0.29) is 6.03 Å². The molecule has 18 heavy (non-hydrogen) atoms. The molecule has 0 aliphatic carbocycles. The largest absolute Gasteiger partial charge is 0.352 e. The van der Waals surface area contributed by atoms with Crippen molar-refractivity contribution in [2.24, 2.45) is 11.5 Å². The molecule has 0 bridgehead atoms. The molecule has 5 N–H and O–H groups in total. The standard InChI is InChI=1S/C10H13ClN2O.CH4N2O/c1-7-4-5-8(6-9(7)11)12-10(14)13(2)3;2-1(3)4/h4-6H,1-3H3,(H,12,14);(H4,2,3,4). The van der Waals surface area contributed by atoms with Gasteiger partial charge in [-0.05, 0) is 24.6 Å². The number of nitrogens with zero attached hydrogens (tertiary/aromatic N) is 1. The van der Waals surface area contributed by atoms with Gasteiger partial charge in [-0.3, -0.25) is 0 Å². The Balaban J connectivity index is 0.000000631. The summed E-state index contributed by atoms with van der Waals surface area (Å²) in [5, 5.41) is 3.37. The zero-order valence-corrected chi connectivity index (χ0v) is 11.3. The first-order valence-corrected chi connectivity index (χ1v) is 5.41. The molecule has 4 amide bonds. The molecule has 0 radical (unpaired) electrons. The first kappa shape index (κ1) is 16.1. The van der Waals surface area contributed by atoms with Crippen LogP contribution in [0.5, 0.6) is 0 Å². The van der Waals surface area contributed by atoms with Crippen molar-refractivity contribution in [2.75, 3.05) is 19.4 Å². The van der Waals surface area contributed by atoms with Crippen LogP contribution in [0.15, 0.2) is 18.2 Å². The van der Waals surface area contributed by atoms with Crippen LogP contribution in [0.4, 0.5) is 15.3 Å². The Morgan fingerprint density at radius 1 is 1.28 bits per heavy atom. The summed E-state index contributed by atoms with van der Waals surface area (Å²) in [4.78, 5) is 21.7. The Morgan fingerprint density at radius 3 is 2.17 bits per heavy atom. The van der Waals surface area contributed by atoms with Crippen LogP contribution in [-0.4, -0.2) is 31.1 Å². The van der Waals surface area contributed by atoms with Crippen molar-refractivity contribution in [3.05, 3.63) is 28.8 Å². The first-order chi connectivity index (χ1) is 8.23. The molecule has 6 nitrogen and oxygen atoms in total. The van der Waals surface area contributed by atoms with E-state index in [9.17, 15) is 4.79 Å². The molecular formula is C11H17ClN4O2. The molecule has 1 rings (SSSR count). The lowest BCUT2D eigenvalue weighted by atomic mass is 10.2. The summed E-state index contributed by atoms with van der Waals surface area (Å²) in [6.07, 6.45) is 0. The van der Waals surface area contributed by atoms with E-state index in [0.29, 0.717) is 10.7 Å². The maximum atomic E-state index is 11.3. The van der Waals surface area contributed by atoms with E-state index < -0.39 is 6.03 Å². The fourth-order valence-electron chi connectivity index (χ4n) is 0.906. The number of urea groups is 2. The first-order valence-electron chi connectivity index (χ1n) is 5.03. The molecule has 0 saturated carbocycles. The molecule has 0 spiro atoms. The number of primary amides is 2. The van der Waals surface area contributed by atoms with Crippen molar-refractivity contribution in [1.29, 1.82) is 0 Å². The number of aryl methyl sites for hydroxylation is 1. The van der Waals surface area contributed by atoms with Crippen LogP contribution >= 0.6 is 11.6 Å². The van der Waals surface area contributed by atoms with Crippen LogP contribution in [0.2, 0.25) is 5.02 Å². The van der Waals surface area contributed by atoms with Gasteiger partial charge in [0.15, 0.2) is 0 Å². The number of anilines is 1. The third-order valence-corrected chi connectivity index (χ3v) is 2.24. The van der Waals surface area contributed by atoms with Crippen LogP contribution in [-0.2, 0) is 0 Å². The van der Waals surface area contributed by atoms with Crippen molar-refractivity contribution in [3.63, 3.8) is 0 Å². The van der Waals surface area contributed by atoms with E-state index in [1.54, 1.807) is 20.2 Å². The summed E-state index contributed by atoms with van der Waals surface area (Å²) < 4.78 is 0. The predicted octanol–water partition coefficient (Wildman–Crippen LogP) is 1.77. The number of carbonyl (C=O) groups excluding carboxylic acids is 2. The zero-order valence-electron chi connectivity index (χ0n) is 10.5. The van der Waals surface area contributed by atoms with Crippen LogP contribution in [0.3, 0.4) is 0 Å².